The molecule has 0 atom stereocenters. The summed E-state index contributed by atoms with van der Waals surface area (Å²) in [6.07, 6.45) is 1.28. The van der Waals surface area contributed by atoms with Crippen molar-refractivity contribution in [1.82, 2.24) is 9.71 Å². The van der Waals surface area contributed by atoms with Crippen molar-refractivity contribution < 1.29 is 17.6 Å². The molecule has 0 fully saturated rings. The first-order valence-electron chi connectivity index (χ1n) is 5.33. The molecule has 0 unspecified atom stereocenters. The van der Waals surface area contributed by atoms with E-state index in [2.05, 4.69) is 4.98 Å². The normalized spacial score (nSPS) is 11.1. The fraction of sp³-hybridized carbons (Fsp3) is 0. The molecule has 0 aliphatic heterocycles. The average Bonchev–Trinajstić information content (AvgIpc) is 2.38. The molecule has 0 aliphatic carbocycles. The molecule has 1 N–H and O–H groups in total. The van der Waals surface area contributed by atoms with Crippen LogP contribution in [0.5, 0.6) is 0 Å². The van der Waals surface area contributed by atoms with Crippen LogP contribution in [0, 0.1) is 5.82 Å². The summed E-state index contributed by atoms with van der Waals surface area (Å²) in [6, 6.07) is 6.65. The molecule has 1 aromatic carbocycles. The molecule has 0 bridgehead atoms. The molecule has 104 valence electrons. The topological polar surface area (TPSA) is 76.1 Å². The first kappa shape index (κ1) is 14.4. The van der Waals surface area contributed by atoms with Crippen LogP contribution in [0.15, 0.2) is 47.5 Å². The molecule has 2 aromatic rings. The molecule has 0 spiro atoms. The number of carbonyl (C=O) groups excluding carboxylic acids is 1. The van der Waals surface area contributed by atoms with Crippen molar-refractivity contribution in [3.05, 3.63) is 59.1 Å². The van der Waals surface area contributed by atoms with Crippen LogP contribution >= 0.6 is 11.6 Å². The highest BCUT2D eigenvalue weighted by atomic mass is 35.5. The molecule has 1 amide bonds. The Kier molecular flexibility index (Phi) is 4.01. The van der Waals surface area contributed by atoms with Gasteiger partial charge in [0.2, 0.25) is 0 Å². The smallest absolute Gasteiger partial charge is 0.265 e. The maximum atomic E-state index is 12.7. The maximum absolute atomic E-state index is 12.7. The van der Waals surface area contributed by atoms with E-state index in [1.54, 1.807) is 0 Å². The Balaban J connectivity index is 2.24. The Morgan fingerprint density at radius 3 is 2.45 bits per heavy atom. The van der Waals surface area contributed by atoms with Crippen molar-refractivity contribution in [3.8, 4) is 0 Å². The molecule has 2 rings (SSSR count). The van der Waals surface area contributed by atoms with E-state index in [0.29, 0.717) is 0 Å². The third-order valence-electron chi connectivity index (χ3n) is 2.34. The largest absolute Gasteiger partial charge is 0.268 e. The number of nitrogens with one attached hydrogen (secondary N) is 1. The second-order valence-corrected chi connectivity index (χ2v) is 5.83. The minimum atomic E-state index is -4.07. The standard InChI is InChI=1S/C12H8ClFN2O3S/c13-11-7-8(5-6-15-11)12(17)16-20(18,19)10-3-1-9(14)2-4-10/h1-7H,(H,16,17). The van der Waals surface area contributed by atoms with Gasteiger partial charge in [-0.3, -0.25) is 4.79 Å². The van der Waals surface area contributed by atoms with E-state index < -0.39 is 21.7 Å². The summed E-state index contributed by atoms with van der Waals surface area (Å²) in [5.74, 6) is -1.42. The van der Waals surface area contributed by atoms with Crippen molar-refractivity contribution in [1.29, 1.82) is 0 Å². The lowest BCUT2D eigenvalue weighted by atomic mass is 10.3. The van der Waals surface area contributed by atoms with Gasteiger partial charge < -0.3 is 0 Å². The molecule has 0 saturated heterocycles. The number of amides is 1. The van der Waals surface area contributed by atoms with Crippen molar-refractivity contribution in [2.75, 3.05) is 0 Å². The van der Waals surface area contributed by atoms with Gasteiger partial charge in [-0.1, -0.05) is 11.6 Å². The summed E-state index contributed by atoms with van der Waals surface area (Å²) in [5.41, 5.74) is 0.0516. The summed E-state index contributed by atoms with van der Waals surface area (Å²) in [4.78, 5) is 15.3. The second kappa shape index (κ2) is 5.56. The van der Waals surface area contributed by atoms with Crippen LogP contribution in [0.3, 0.4) is 0 Å². The fourth-order valence-corrected chi connectivity index (χ4v) is 2.55. The van der Waals surface area contributed by atoms with Crippen LogP contribution in [-0.4, -0.2) is 19.3 Å². The van der Waals surface area contributed by atoms with Gasteiger partial charge in [0, 0.05) is 11.8 Å². The van der Waals surface area contributed by atoms with E-state index in [0.717, 1.165) is 24.3 Å². The van der Waals surface area contributed by atoms with Crippen LogP contribution in [0.4, 0.5) is 4.39 Å². The first-order valence-corrected chi connectivity index (χ1v) is 7.19. The molecule has 1 heterocycles. The Labute approximate surface area is 119 Å². The highest BCUT2D eigenvalue weighted by molar-refractivity contribution is 7.90. The van der Waals surface area contributed by atoms with Crippen LogP contribution in [0.2, 0.25) is 5.15 Å². The van der Waals surface area contributed by atoms with Crippen LogP contribution in [-0.2, 0) is 10.0 Å². The van der Waals surface area contributed by atoms with Crippen LogP contribution in [0.25, 0.3) is 0 Å². The van der Waals surface area contributed by atoms with E-state index in [-0.39, 0.29) is 15.6 Å². The predicted molar refractivity (Wildman–Crippen MR) is 70.3 cm³/mol. The average molecular weight is 315 g/mol. The van der Waals surface area contributed by atoms with Gasteiger partial charge in [0.15, 0.2) is 0 Å². The highest BCUT2D eigenvalue weighted by Crippen LogP contribution is 2.12. The van der Waals surface area contributed by atoms with Crippen molar-refractivity contribution in [2.24, 2.45) is 0 Å². The summed E-state index contributed by atoms with van der Waals surface area (Å²) in [7, 11) is -4.07. The number of benzene rings is 1. The molecule has 0 aliphatic rings. The summed E-state index contributed by atoms with van der Waals surface area (Å²) in [5, 5.41) is 0.0665. The lowest BCUT2D eigenvalue weighted by Crippen LogP contribution is -2.30. The van der Waals surface area contributed by atoms with Gasteiger partial charge in [-0.15, -0.1) is 0 Å². The Bertz CT molecular complexity index is 748. The lowest BCUT2D eigenvalue weighted by Gasteiger charge is -2.07. The maximum Gasteiger partial charge on any atom is 0.265 e. The number of carbonyl (C=O) groups is 1. The molecule has 0 saturated carbocycles. The van der Waals surface area contributed by atoms with Crippen LogP contribution < -0.4 is 4.72 Å². The summed E-state index contributed by atoms with van der Waals surface area (Å²) in [6.45, 7) is 0. The highest BCUT2D eigenvalue weighted by Gasteiger charge is 2.18. The Morgan fingerprint density at radius 2 is 1.85 bits per heavy atom. The van der Waals surface area contributed by atoms with Gasteiger partial charge in [-0.2, -0.15) is 0 Å². The van der Waals surface area contributed by atoms with Gasteiger partial charge in [0.1, 0.15) is 11.0 Å². The fourth-order valence-electron chi connectivity index (χ4n) is 1.40. The Hall–Kier alpha value is -1.99. The number of sulfonamides is 1. The van der Waals surface area contributed by atoms with Gasteiger partial charge in [-0.05, 0) is 36.4 Å². The lowest BCUT2D eigenvalue weighted by molar-refractivity contribution is 0.0981. The summed E-state index contributed by atoms with van der Waals surface area (Å²) >= 11 is 5.61. The van der Waals surface area contributed by atoms with Crippen molar-refractivity contribution in [3.63, 3.8) is 0 Å². The zero-order valence-electron chi connectivity index (χ0n) is 9.88. The second-order valence-electron chi connectivity index (χ2n) is 3.76. The quantitative estimate of drug-likeness (QED) is 0.879. The number of hydrogen-bond donors (Lipinski definition) is 1. The molecule has 20 heavy (non-hydrogen) atoms. The molecule has 0 radical (unpaired) electrons. The van der Waals surface area contributed by atoms with E-state index in [4.69, 9.17) is 11.6 Å². The van der Waals surface area contributed by atoms with Crippen LogP contribution in [0.1, 0.15) is 10.4 Å². The van der Waals surface area contributed by atoms with Crippen molar-refractivity contribution >= 4 is 27.5 Å². The number of hydrogen-bond acceptors (Lipinski definition) is 4. The molecule has 8 heteroatoms. The van der Waals surface area contributed by atoms with Gasteiger partial charge >= 0.3 is 0 Å². The summed E-state index contributed by atoms with van der Waals surface area (Å²) < 4.78 is 38.4. The SMILES string of the molecule is O=C(NS(=O)(=O)c1ccc(F)cc1)c1ccnc(Cl)c1. The van der Waals surface area contributed by atoms with Gasteiger partial charge in [0.05, 0.1) is 4.90 Å². The predicted octanol–water partition coefficient (Wildman–Crippen LogP) is 1.99. The minimum Gasteiger partial charge on any atom is -0.268 e. The zero-order chi connectivity index (χ0) is 14.8. The van der Waals surface area contributed by atoms with E-state index >= 15 is 0 Å². The zero-order valence-corrected chi connectivity index (χ0v) is 11.5. The number of halogens is 2. The number of aromatic nitrogens is 1. The minimum absolute atomic E-state index is 0.0516. The first-order chi connectivity index (χ1) is 9.38. The van der Waals surface area contributed by atoms with E-state index in [1.165, 1.54) is 18.3 Å². The molecule has 5 nitrogen and oxygen atoms in total. The third-order valence-corrected chi connectivity index (χ3v) is 3.89. The molecule has 1 aromatic heterocycles. The Morgan fingerprint density at radius 1 is 1.20 bits per heavy atom. The number of nitrogens with zero attached hydrogens (tertiary/aromatic N) is 1. The monoisotopic (exact) mass is 314 g/mol. The molecular weight excluding hydrogens is 307 g/mol. The number of pyridine rings is 1. The molecular formula is C12H8ClFN2O3S. The number of rotatable bonds is 3. The van der Waals surface area contributed by atoms with Crippen molar-refractivity contribution in [2.45, 2.75) is 4.90 Å². The van der Waals surface area contributed by atoms with E-state index in [9.17, 15) is 17.6 Å². The van der Waals surface area contributed by atoms with Gasteiger partial charge in [-0.25, -0.2) is 22.5 Å². The third kappa shape index (κ3) is 3.31. The van der Waals surface area contributed by atoms with Gasteiger partial charge in [0.25, 0.3) is 15.9 Å². The van der Waals surface area contributed by atoms with E-state index in [1.807, 2.05) is 4.72 Å².